The molecule has 0 fully saturated rings. The molecule has 0 spiro atoms. The maximum Gasteiger partial charge on any atom is 0.259 e. The zero-order chi connectivity index (χ0) is 17.4. The smallest absolute Gasteiger partial charge is 0.259 e. The molecule has 1 amide bonds. The second kappa shape index (κ2) is 6.64. The van der Waals surface area contributed by atoms with Gasteiger partial charge in [-0.2, -0.15) is 5.10 Å². The lowest BCUT2D eigenvalue weighted by molar-refractivity contribution is -0.113. The van der Waals surface area contributed by atoms with Crippen molar-refractivity contribution >= 4 is 45.0 Å². The highest BCUT2D eigenvalue weighted by Gasteiger charge is 2.21. The van der Waals surface area contributed by atoms with E-state index < -0.39 is 0 Å². The molecule has 130 valence electrons. The van der Waals surface area contributed by atoms with Crippen LogP contribution >= 0.6 is 23.1 Å². The summed E-state index contributed by atoms with van der Waals surface area (Å²) < 4.78 is 1.63. The summed E-state index contributed by atoms with van der Waals surface area (Å²) in [5.41, 5.74) is 1.13. The molecule has 0 atom stereocenters. The van der Waals surface area contributed by atoms with E-state index in [1.165, 1.54) is 22.2 Å². The lowest BCUT2D eigenvalue weighted by Gasteiger charge is -2.03. The van der Waals surface area contributed by atoms with Crippen molar-refractivity contribution in [1.82, 2.24) is 19.7 Å². The fourth-order valence-corrected chi connectivity index (χ4v) is 4.99. The second-order valence-electron chi connectivity index (χ2n) is 5.97. The van der Waals surface area contributed by atoms with Gasteiger partial charge in [0.2, 0.25) is 5.91 Å². The predicted molar refractivity (Wildman–Crippen MR) is 100 cm³/mol. The summed E-state index contributed by atoms with van der Waals surface area (Å²) in [5.74, 6) is 1.80. The van der Waals surface area contributed by atoms with Crippen molar-refractivity contribution in [2.24, 2.45) is 7.05 Å². The lowest BCUT2D eigenvalue weighted by Crippen LogP contribution is -2.15. The molecule has 1 aliphatic carbocycles. The van der Waals surface area contributed by atoms with Gasteiger partial charge in [0.05, 0.1) is 16.9 Å². The predicted octanol–water partition coefficient (Wildman–Crippen LogP) is 2.08. The van der Waals surface area contributed by atoms with Crippen molar-refractivity contribution in [3.8, 4) is 0 Å². The largest absolute Gasteiger partial charge is 0.309 e. The molecular weight excluding hydrogens is 358 g/mol. The number of hydrogen-bond acceptors (Lipinski definition) is 6. The van der Waals surface area contributed by atoms with Gasteiger partial charge in [-0.05, 0) is 24.8 Å². The Balaban J connectivity index is 1.40. The normalized spacial score (nSPS) is 13.3. The van der Waals surface area contributed by atoms with Gasteiger partial charge in [-0.25, -0.2) is 4.98 Å². The number of amides is 1. The minimum Gasteiger partial charge on any atom is -0.309 e. The highest BCUT2D eigenvalue weighted by Crippen LogP contribution is 2.34. The zero-order valence-corrected chi connectivity index (χ0v) is 15.3. The molecule has 0 unspecified atom stereocenters. The van der Waals surface area contributed by atoms with Crippen molar-refractivity contribution < 1.29 is 4.79 Å². The molecule has 25 heavy (non-hydrogen) atoms. The first-order chi connectivity index (χ1) is 12.1. The quantitative estimate of drug-likeness (QED) is 0.712. The van der Waals surface area contributed by atoms with E-state index in [1.807, 2.05) is 0 Å². The number of hydrogen-bond donors (Lipinski definition) is 2. The molecule has 2 N–H and O–H groups in total. The van der Waals surface area contributed by atoms with Gasteiger partial charge in [-0.15, -0.1) is 23.1 Å². The van der Waals surface area contributed by atoms with Crippen LogP contribution in [0, 0.1) is 0 Å². The number of aromatic nitrogens is 4. The Morgan fingerprint density at radius 2 is 2.36 bits per heavy atom. The number of carbonyl (C=O) groups is 1. The van der Waals surface area contributed by atoms with Gasteiger partial charge < -0.3 is 10.3 Å². The molecule has 1 aliphatic rings. The Kier molecular flexibility index (Phi) is 4.34. The summed E-state index contributed by atoms with van der Waals surface area (Å²) in [6, 6.07) is 1.74. The van der Waals surface area contributed by atoms with E-state index in [0.717, 1.165) is 29.5 Å². The van der Waals surface area contributed by atoms with Crippen LogP contribution in [0.2, 0.25) is 0 Å². The van der Waals surface area contributed by atoms with Crippen molar-refractivity contribution in [3.05, 3.63) is 38.9 Å². The summed E-state index contributed by atoms with van der Waals surface area (Å²) in [5, 5.41) is 7.60. The van der Waals surface area contributed by atoms with E-state index in [1.54, 1.807) is 35.3 Å². The number of rotatable bonds is 5. The molecule has 9 heteroatoms. The molecule has 0 bridgehead atoms. The van der Waals surface area contributed by atoms with E-state index in [2.05, 4.69) is 20.4 Å². The number of thiophene rings is 1. The van der Waals surface area contributed by atoms with E-state index in [-0.39, 0.29) is 17.2 Å². The standard InChI is InChI=1S/C16H17N5O2S2/c1-21-6-5-11(20-21)17-13(22)8-24-7-12-18-15(23)14-9-3-2-4-10(9)25-16(14)19-12/h5-6H,2-4,7-8H2,1H3,(H,17,20,22)(H,18,19,23). The molecule has 0 saturated carbocycles. The third-order valence-corrected chi connectivity index (χ3v) is 6.21. The van der Waals surface area contributed by atoms with Crippen LogP contribution in [0.5, 0.6) is 0 Å². The maximum absolute atomic E-state index is 12.4. The molecule has 0 radical (unpaired) electrons. The van der Waals surface area contributed by atoms with Crippen molar-refractivity contribution in [3.63, 3.8) is 0 Å². The Morgan fingerprint density at radius 1 is 1.48 bits per heavy atom. The van der Waals surface area contributed by atoms with Gasteiger partial charge in [-0.3, -0.25) is 14.3 Å². The first-order valence-electron chi connectivity index (χ1n) is 8.01. The summed E-state index contributed by atoms with van der Waals surface area (Å²) >= 11 is 3.04. The van der Waals surface area contributed by atoms with Crippen LogP contribution in [0.1, 0.15) is 22.7 Å². The molecule has 3 heterocycles. The first-order valence-corrected chi connectivity index (χ1v) is 9.98. The number of nitrogens with zero attached hydrogens (tertiary/aromatic N) is 3. The summed E-state index contributed by atoms with van der Waals surface area (Å²) in [6.07, 6.45) is 4.92. The van der Waals surface area contributed by atoms with Crippen LogP contribution in [0.4, 0.5) is 5.82 Å². The number of thioether (sulfide) groups is 1. The van der Waals surface area contributed by atoms with Crippen molar-refractivity contribution in [2.45, 2.75) is 25.0 Å². The van der Waals surface area contributed by atoms with E-state index in [9.17, 15) is 9.59 Å². The molecule has 4 rings (SSSR count). The van der Waals surface area contributed by atoms with Crippen LogP contribution in [-0.2, 0) is 30.4 Å². The maximum atomic E-state index is 12.4. The molecule has 0 aliphatic heterocycles. The van der Waals surface area contributed by atoms with Gasteiger partial charge in [0.1, 0.15) is 10.7 Å². The van der Waals surface area contributed by atoms with E-state index in [4.69, 9.17) is 0 Å². The lowest BCUT2D eigenvalue weighted by atomic mass is 10.2. The number of aryl methyl sites for hydroxylation is 3. The monoisotopic (exact) mass is 375 g/mol. The number of anilines is 1. The second-order valence-corrected chi connectivity index (χ2v) is 8.03. The fourth-order valence-electron chi connectivity index (χ4n) is 3.02. The van der Waals surface area contributed by atoms with Crippen LogP contribution in [0.15, 0.2) is 17.1 Å². The summed E-state index contributed by atoms with van der Waals surface area (Å²) in [6.45, 7) is 0. The topological polar surface area (TPSA) is 92.7 Å². The fraction of sp³-hybridized carbons (Fsp3) is 0.375. The van der Waals surface area contributed by atoms with Crippen molar-refractivity contribution in [1.29, 1.82) is 0 Å². The molecule has 3 aromatic rings. The highest BCUT2D eigenvalue weighted by atomic mass is 32.2. The molecule has 0 saturated heterocycles. The Morgan fingerprint density at radius 3 is 3.16 bits per heavy atom. The van der Waals surface area contributed by atoms with E-state index >= 15 is 0 Å². The van der Waals surface area contributed by atoms with Crippen LogP contribution in [0.3, 0.4) is 0 Å². The molecule has 3 aromatic heterocycles. The molecule has 7 nitrogen and oxygen atoms in total. The Labute approximate surface area is 151 Å². The molecule has 0 aromatic carbocycles. The zero-order valence-electron chi connectivity index (χ0n) is 13.7. The summed E-state index contributed by atoms with van der Waals surface area (Å²) in [7, 11) is 1.79. The average molecular weight is 375 g/mol. The first kappa shape index (κ1) is 16.3. The van der Waals surface area contributed by atoms with E-state index in [0.29, 0.717) is 17.4 Å². The van der Waals surface area contributed by atoms with Crippen LogP contribution in [-0.4, -0.2) is 31.4 Å². The van der Waals surface area contributed by atoms with Crippen molar-refractivity contribution in [2.75, 3.05) is 11.1 Å². The number of nitrogens with one attached hydrogen (secondary N) is 2. The third kappa shape index (κ3) is 3.34. The number of fused-ring (bicyclic) bond motifs is 3. The van der Waals surface area contributed by atoms with Gasteiger partial charge in [0, 0.05) is 24.2 Å². The summed E-state index contributed by atoms with van der Waals surface area (Å²) in [4.78, 5) is 33.8. The highest BCUT2D eigenvalue weighted by molar-refractivity contribution is 7.99. The van der Waals surface area contributed by atoms with Crippen LogP contribution < -0.4 is 10.9 Å². The van der Waals surface area contributed by atoms with Gasteiger partial charge in [0.25, 0.3) is 5.56 Å². The van der Waals surface area contributed by atoms with Gasteiger partial charge in [0.15, 0.2) is 5.82 Å². The minimum atomic E-state index is -0.123. The molecular formula is C16H17N5O2S2. The van der Waals surface area contributed by atoms with Gasteiger partial charge >= 0.3 is 0 Å². The average Bonchev–Trinajstić information content (AvgIpc) is 3.23. The van der Waals surface area contributed by atoms with Crippen LogP contribution in [0.25, 0.3) is 10.2 Å². The number of H-pyrrole nitrogens is 1. The van der Waals surface area contributed by atoms with Gasteiger partial charge in [-0.1, -0.05) is 0 Å². The number of aromatic amines is 1. The third-order valence-electron chi connectivity index (χ3n) is 4.08. The number of carbonyl (C=O) groups excluding carboxylic acids is 1. The Bertz CT molecular complexity index is 1000. The Hall–Kier alpha value is -2.13. The SMILES string of the molecule is Cn1ccc(NC(=O)CSCc2nc3sc4c(c3c(=O)[nH]2)CCC4)n1. The minimum absolute atomic E-state index is 0.0575.